The molecule has 3 N–H and O–H groups in total. The first-order valence-corrected chi connectivity index (χ1v) is 6.82. The minimum Gasteiger partial charge on any atom is -0.493 e. The maximum atomic E-state index is 5.62. The Bertz CT molecular complexity index is 342. The fraction of sp³-hybridized carbons (Fsp3) is 0.727. The highest BCUT2D eigenvalue weighted by atomic mass is 32.2. The second-order valence-corrected chi connectivity index (χ2v) is 5.46. The molecular formula is C11H22N4OS. The zero-order valence-electron chi connectivity index (χ0n) is 10.9. The van der Waals surface area contributed by atoms with Crippen LogP contribution < -0.4 is 16.0 Å². The lowest BCUT2D eigenvalue weighted by molar-refractivity contribution is 0.399. The molecule has 0 amide bonds. The molecule has 0 saturated heterocycles. The summed E-state index contributed by atoms with van der Waals surface area (Å²) in [7, 11) is 3.55. The number of thioether (sulfide) groups is 1. The molecule has 0 spiro atoms. The van der Waals surface area contributed by atoms with Crippen LogP contribution in [0.3, 0.4) is 0 Å². The molecule has 0 saturated carbocycles. The quantitative estimate of drug-likeness (QED) is 0.572. The van der Waals surface area contributed by atoms with Gasteiger partial charge < -0.3 is 4.74 Å². The maximum Gasteiger partial charge on any atom is 0.161 e. The average molecular weight is 258 g/mol. The van der Waals surface area contributed by atoms with Gasteiger partial charge in [0.1, 0.15) is 0 Å². The third kappa shape index (κ3) is 3.62. The molecule has 0 bridgehead atoms. The van der Waals surface area contributed by atoms with Gasteiger partial charge in [0.05, 0.1) is 25.0 Å². The van der Waals surface area contributed by atoms with Crippen LogP contribution in [0.5, 0.6) is 5.75 Å². The van der Waals surface area contributed by atoms with Crippen LogP contribution in [0, 0.1) is 0 Å². The first-order valence-electron chi connectivity index (χ1n) is 5.77. The van der Waals surface area contributed by atoms with E-state index in [-0.39, 0.29) is 6.04 Å². The lowest BCUT2D eigenvalue weighted by Gasteiger charge is -2.19. The Morgan fingerprint density at radius 3 is 2.88 bits per heavy atom. The van der Waals surface area contributed by atoms with Gasteiger partial charge in [0.25, 0.3) is 0 Å². The van der Waals surface area contributed by atoms with Crippen molar-refractivity contribution < 1.29 is 4.74 Å². The SMILES string of the molecule is CCC(C)SCC(NN)c1c(OC)cnn1C. The minimum absolute atomic E-state index is 0.0523. The summed E-state index contributed by atoms with van der Waals surface area (Å²) in [6.07, 6.45) is 2.87. The van der Waals surface area contributed by atoms with E-state index in [1.165, 1.54) is 0 Å². The minimum atomic E-state index is 0.0523. The fourth-order valence-corrected chi connectivity index (χ4v) is 2.58. The number of ether oxygens (including phenoxy) is 1. The largest absolute Gasteiger partial charge is 0.493 e. The highest BCUT2D eigenvalue weighted by Crippen LogP contribution is 2.28. The zero-order chi connectivity index (χ0) is 12.8. The molecule has 1 rings (SSSR count). The van der Waals surface area contributed by atoms with Crippen LogP contribution in [0.1, 0.15) is 32.0 Å². The lowest BCUT2D eigenvalue weighted by Crippen LogP contribution is -2.32. The molecule has 0 radical (unpaired) electrons. The van der Waals surface area contributed by atoms with E-state index in [0.717, 1.165) is 23.6 Å². The number of hydrogen-bond donors (Lipinski definition) is 2. The first kappa shape index (κ1) is 14.3. The molecular weight excluding hydrogens is 236 g/mol. The number of methoxy groups -OCH3 is 1. The Kier molecular flexibility index (Phi) is 5.80. The molecule has 17 heavy (non-hydrogen) atoms. The predicted octanol–water partition coefficient (Wildman–Crippen LogP) is 1.46. The number of nitrogens with zero attached hydrogens (tertiary/aromatic N) is 2. The monoisotopic (exact) mass is 258 g/mol. The number of aromatic nitrogens is 2. The summed E-state index contributed by atoms with van der Waals surface area (Å²) in [6, 6.07) is 0.0523. The molecule has 5 nitrogen and oxygen atoms in total. The summed E-state index contributed by atoms with van der Waals surface area (Å²) in [5, 5.41) is 4.82. The Balaban J connectivity index is 2.75. The predicted molar refractivity (Wildman–Crippen MR) is 72.0 cm³/mol. The summed E-state index contributed by atoms with van der Waals surface area (Å²) in [4.78, 5) is 0. The summed E-state index contributed by atoms with van der Waals surface area (Å²) < 4.78 is 7.10. The van der Waals surface area contributed by atoms with E-state index in [0.29, 0.717) is 5.25 Å². The Morgan fingerprint density at radius 1 is 1.65 bits per heavy atom. The number of hydrogen-bond acceptors (Lipinski definition) is 5. The summed E-state index contributed by atoms with van der Waals surface area (Å²) in [5.74, 6) is 7.31. The van der Waals surface area contributed by atoms with E-state index >= 15 is 0 Å². The standard InChI is InChI=1S/C11H22N4OS/c1-5-8(2)17-7-9(14-12)11-10(16-4)6-13-15(11)3/h6,8-9,14H,5,7,12H2,1-4H3. The van der Waals surface area contributed by atoms with Crippen LogP contribution in [-0.4, -0.2) is 27.9 Å². The van der Waals surface area contributed by atoms with Crippen molar-refractivity contribution >= 4 is 11.8 Å². The van der Waals surface area contributed by atoms with Gasteiger partial charge >= 0.3 is 0 Å². The van der Waals surface area contributed by atoms with Gasteiger partial charge in [-0.15, -0.1) is 0 Å². The molecule has 2 unspecified atom stereocenters. The molecule has 0 aliphatic heterocycles. The van der Waals surface area contributed by atoms with E-state index in [4.69, 9.17) is 10.6 Å². The number of nitrogens with two attached hydrogens (primary N) is 1. The molecule has 6 heteroatoms. The number of aryl methyl sites for hydroxylation is 1. The van der Waals surface area contributed by atoms with Gasteiger partial charge in [0, 0.05) is 18.1 Å². The van der Waals surface area contributed by atoms with E-state index in [1.54, 1.807) is 18.0 Å². The van der Waals surface area contributed by atoms with Gasteiger partial charge in [0.15, 0.2) is 5.75 Å². The van der Waals surface area contributed by atoms with Crippen LogP contribution in [0.15, 0.2) is 6.20 Å². The number of rotatable bonds is 7. The molecule has 98 valence electrons. The van der Waals surface area contributed by atoms with Crippen molar-refractivity contribution in [2.24, 2.45) is 12.9 Å². The van der Waals surface area contributed by atoms with Crippen molar-refractivity contribution in [3.63, 3.8) is 0 Å². The normalized spacial score (nSPS) is 14.6. The smallest absolute Gasteiger partial charge is 0.161 e. The van der Waals surface area contributed by atoms with E-state index in [2.05, 4.69) is 24.4 Å². The highest BCUT2D eigenvalue weighted by molar-refractivity contribution is 7.99. The van der Waals surface area contributed by atoms with Crippen molar-refractivity contribution in [1.82, 2.24) is 15.2 Å². The molecule has 0 fully saturated rings. The molecule has 0 aliphatic carbocycles. The van der Waals surface area contributed by atoms with E-state index < -0.39 is 0 Å². The van der Waals surface area contributed by atoms with Crippen molar-refractivity contribution in [3.8, 4) is 5.75 Å². The summed E-state index contributed by atoms with van der Waals surface area (Å²) in [5.41, 5.74) is 3.83. The molecule has 2 atom stereocenters. The van der Waals surface area contributed by atoms with Crippen LogP contribution >= 0.6 is 11.8 Å². The summed E-state index contributed by atoms with van der Waals surface area (Å²) in [6.45, 7) is 4.41. The van der Waals surface area contributed by atoms with Gasteiger partial charge in [-0.1, -0.05) is 13.8 Å². The summed E-state index contributed by atoms with van der Waals surface area (Å²) >= 11 is 1.90. The first-order chi connectivity index (χ1) is 8.13. The van der Waals surface area contributed by atoms with E-state index in [9.17, 15) is 0 Å². The Hall–Kier alpha value is -0.720. The van der Waals surface area contributed by atoms with Crippen molar-refractivity contribution in [2.45, 2.75) is 31.6 Å². The van der Waals surface area contributed by atoms with Crippen LogP contribution in [0.4, 0.5) is 0 Å². The second-order valence-electron chi connectivity index (χ2n) is 3.99. The van der Waals surface area contributed by atoms with Crippen molar-refractivity contribution in [2.75, 3.05) is 12.9 Å². The molecule has 0 aromatic carbocycles. The molecule has 1 aromatic rings. The zero-order valence-corrected chi connectivity index (χ0v) is 11.8. The van der Waals surface area contributed by atoms with Gasteiger partial charge in [-0.25, -0.2) is 0 Å². The van der Waals surface area contributed by atoms with Gasteiger partial charge in [-0.2, -0.15) is 16.9 Å². The molecule has 1 aromatic heterocycles. The number of hydrazine groups is 1. The van der Waals surface area contributed by atoms with Crippen molar-refractivity contribution in [1.29, 1.82) is 0 Å². The number of nitrogens with one attached hydrogen (secondary N) is 1. The Labute approximate surface area is 107 Å². The van der Waals surface area contributed by atoms with Gasteiger partial charge in [-0.05, 0) is 6.42 Å². The second kappa shape index (κ2) is 6.88. The average Bonchev–Trinajstić information content (AvgIpc) is 2.71. The molecule has 0 aliphatic rings. The van der Waals surface area contributed by atoms with Gasteiger partial charge in [-0.3, -0.25) is 16.0 Å². The third-order valence-corrected chi connectivity index (χ3v) is 4.25. The fourth-order valence-electron chi connectivity index (χ4n) is 1.57. The lowest BCUT2D eigenvalue weighted by atomic mass is 10.2. The third-order valence-electron chi connectivity index (χ3n) is 2.82. The Morgan fingerprint density at radius 2 is 2.35 bits per heavy atom. The van der Waals surface area contributed by atoms with Gasteiger partial charge in [0.2, 0.25) is 0 Å². The van der Waals surface area contributed by atoms with Crippen LogP contribution in [0.25, 0.3) is 0 Å². The maximum absolute atomic E-state index is 5.62. The molecule has 1 heterocycles. The highest BCUT2D eigenvalue weighted by Gasteiger charge is 2.20. The topological polar surface area (TPSA) is 65.1 Å². The van der Waals surface area contributed by atoms with Crippen LogP contribution in [-0.2, 0) is 7.05 Å². The van der Waals surface area contributed by atoms with E-state index in [1.807, 2.05) is 18.8 Å². The van der Waals surface area contributed by atoms with Crippen molar-refractivity contribution in [3.05, 3.63) is 11.9 Å². The van der Waals surface area contributed by atoms with Crippen LogP contribution in [0.2, 0.25) is 0 Å².